The molecule has 0 aromatic carbocycles. The van der Waals surface area contributed by atoms with Gasteiger partial charge in [0, 0.05) is 32.3 Å². The molecule has 0 aliphatic carbocycles. The molecule has 0 saturated heterocycles. The number of imidazole rings is 1. The van der Waals surface area contributed by atoms with Gasteiger partial charge in [0.05, 0.1) is 18.5 Å². The molecular weight excluding hydrogens is 266 g/mol. The number of aliphatic hydroxyl groups is 1. The first-order chi connectivity index (χ1) is 9.00. The number of sulfonamides is 1. The van der Waals surface area contributed by atoms with Crippen LogP contribution < -0.4 is 0 Å². The summed E-state index contributed by atoms with van der Waals surface area (Å²) < 4.78 is 26.9. The summed E-state index contributed by atoms with van der Waals surface area (Å²) in [6.45, 7) is 1.58. The number of aromatic nitrogens is 2. The molecule has 108 valence electrons. The highest BCUT2D eigenvalue weighted by atomic mass is 32.2. The molecule has 0 atom stereocenters. The van der Waals surface area contributed by atoms with Crippen molar-refractivity contribution in [2.24, 2.45) is 0 Å². The fourth-order valence-corrected chi connectivity index (χ4v) is 3.17. The van der Waals surface area contributed by atoms with Crippen LogP contribution in [0, 0.1) is 0 Å². The smallest absolute Gasteiger partial charge is 0.211 e. The molecular formula is C12H21N3O3S. The molecule has 1 N–H and O–H groups in total. The Morgan fingerprint density at radius 2 is 2.26 bits per heavy atom. The third-order valence-electron chi connectivity index (χ3n) is 3.33. The van der Waals surface area contributed by atoms with E-state index in [0.717, 1.165) is 37.3 Å². The molecule has 1 aliphatic rings. The number of rotatable bonds is 6. The molecule has 0 saturated carbocycles. The summed E-state index contributed by atoms with van der Waals surface area (Å²) in [6.07, 6.45) is 6.86. The maximum Gasteiger partial charge on any atom is 0.211 e. The molecule has 0 spiro atoms. The van der Waals surface area contributed by atoms with E-state index in [9.17, 15) is 8.42 Å². The van der Waals surface area contributed by atoms with Crippen LogP contribution in [0.5, 0.6) is 0 Å². The van der Waals surface area contributed by atoms with Crippen molar-refractivity contribution < 1.29 is 13.5 Å². The van der Waals surface area contributed by atoms with E-state index in [1.165, 1.54) is 10.6 Å². The fourth-order valence-electron chi connectivity index (χ4n) is 2.34. The first kappa shape index (κ1) is 14.5. The minimum atomic E-state index is -3.26. The van der Waals surface area contributed by atoms with Crippen LogP contribution in [-0.2, 0) is 29.5 Å². The van der Waals surface area contributed by atoms with Crippen LogP contribution in [0.15, 0.2) is 6.20 Å². The van der Waals surface area contributed by atoms with Gasteiger partial charge in [0.1, 0.15) is 5.82 Å². The molecule has 0 amide bonds. The molecule has 1 aromatic heterocycles. The van der Waals surface area contributed by atoms with Gasteiger partial charge in [-0.3, -0.25) is 0 Å². The average Bonchev–Trinajstić information content (AvgIpc) is 2.75. The third kappa shape index (κ3) is 3.77. The van der Waals surface area contributed by atoms with E-state index in [1.807, 2.05) is 6.20 Å². The Balaban J connectivity index is 2.10. The quantitative estimate of drug-likeness (QED) is 0.820. The van der Waals surface area contributed by atoms with Crippen molar-refractivity contribution in [1.82, 2.24) is 13.9 Å². The highest BCUT2D eigenvalue weighted by molar-refractivity contribution is 7.88. The second-order valence-electron chi connectivity index (χ2n) is 4.97. The normalized spacial score (nSPS) is 15.7. The van der Waals surface area contributed by atoms with E-state index in [4.69, 9.17) is 5.11 Å². The number of aryl methyl sites for hydroxylation is 2. The summed E-state index contributed by atoms with van der Waals surface area (Å²) in [5.74, 6) is 1.05. The van der Waals surface area contributed by atoms with Gasteiger partial charge in [-0.2, -0.15) is 4.31 Å². The number of fused-ring (bicyclic) bond motifs is 1. The lowest BCUT2D eigenvalue weighted by molar-refractivity contribution is 0.267. The lowest BCUT2D eigenvalue weighted by atomic mass is 10.2. The predicted octanol–water partition coefficient (Wildman–Crippen LogP) is 0.363. The number of hydrogen-bond donors (Lipinski definition) is 1. The second kappa shape index (κ2) is 6.02. The summed E-state index contributed by atoms with van der Waals surface area (Å²) in [4.78, 5) is 4.51. The topological polar surface area (TPSA) is 75.4 Å². The van der Waals surface area contributed by atoms with Crippen LogP contribution in [0.3, 0.4) is 0 Å². The minimum absolute atomic E-state index is 0.00822. The maximum atomic E-state index is 11.7. The number of aliphatic hydroxyl groups excluding tert-OH is 1. The van der Waals surface area contributed by atoms with Crippen molar-refractivity contribution >= 4 is 10.0 Å². The Bertz CT molecular complexity index is 501. The molecule has 19 heavy (non-hydrogen) atoms. The summed E-state index contributed by atoms with van der Waals surface area (Å²) in [6, 6.07) is 0. The van der Waals surface area contributed by atoms with Gasteiger partial charge in [0.15, 0.2) is 0 Å². The van der Waals surface area contributed by atoms with Gasteiger partial charge in [-0.1, -0.05) is 0 Å². The zero-order chi connectivity index (χ0) is 13.9. The van der Waals surface area contributed by atoms with Gasteiger partial charge >= 0.3 is 0 Å². The first-order valence-electron chi connectivity index (χ1n) is 6.61. The molecule has 2 rings (SSSR count). The summed E-state index contributed by atoms with van der Waals surface area (Å²) in [7, 11) is -3.26. The molecule has 0 bridgehead atoms. The van der Waals surface area contributed by atoms with Crippen molar-refractivity contribution in [2.45, 2.75) is 38.8 Å². The SMILES string of the molecule is CS(=O)(=O)N(CCCO)Cc1cn2c(n1)CCCC2. The van der Waals surface area contributed by atoms with Crippen molar-refractivity contribution in [3.8, 4) is 0 Å². The Hall–Kier alpha value is -0.920. The van der Waals surface area contributed by atoms with Crippen LogP contribution >= 0.6 is 0 Å². The Labute approximate surface area is 114 Å². The van der Waals surface area contributed by atoms with Crippen LogP contribution in [0.4, 0.5) is 0 Å². The van der Waals surface area contributed by atoms with Crippen molar-refractivity contribution in [1.29, 1.82) is 0 Å². The molecule has 6 nitrogen and oxygen atoms in total. The zero-order valence-corrected chi connectivity index (χ0v) is 12.1. The maximum absolute atomic E-state index is 11.7. The monoisotopic (exact) mass is 287 g/mol. The molecule has 1 aliphatic heterocycles. The summed E-state index contributed by atoms with van der Waals surface area (Å²) >= 11 is 0. The second-order valence-corrected chi connectivity index (χ2v) is 6.96. The largest absolute Gasteiger partial charge is 0.396 e. The van der Waals surface area contributed by atoms with Gasteiger partial charge in [-0.15, -0.1) is 0 Å². The molecule has 7 heteroatoms. The number of nitrogens with zero attached hydrogens (tertiary/aromatic N) is 3. The fraction of sp³-hybridized carbons (Fsp3) is 0.750. The zero-order valence-electron chi connectivity index (χ0n) is 11.2. The highest BCUT2D eigenvalue weighted by Gasteiger charge is 2.19. The van der Waals surface area contributed by atoms with E-state index >= 15 is 0 Å². The molecule has 1 aromatic rings. The van der Waals surface area contributed by atoms with Gasteiger partial charge in [0.25, 0.3) is 0 Å². The first-order valence-corrected chi connectivity index (χ1v) is 8.46. The van der Waals surface area contributed by atoms with E-state index in [1.54, 1.807) is 0 Å². The van der Waals surface area contributed by atoms with Crippen LogP contribution in [0.25, 0.3) is 0 Å². The van der Waals surface area contributed by atoms with E-state index < -0.39 is 10.0 Å². The molecule has 0 radical (unpaired) electrons. The molecule has 0 fully saturated rings. The Morgan fingerprint density at radius 3 is 2.89 bits per heavy atom. The standard InChI is InChI=1S/C12H21N3O3S/c1-19(17,18)15(7-4-8-16)10-11-9-14-6-3-2-5-12(14)13-11/h9,16H,2-8,10H2,1H3. The van der Waals surface area contributed by atoms with Crippen molar-refractivity contribution in [3.05, 3.63) is 17.7 Å². The lowest BCUT2D eigenvalue weighted by Gasteiger charge is -2.18. The Morgan fingerprint density at radius 1 is 1.47 bits per heavy atom. The summed E-state index contributed by atoms with van der Waals surface area (Å²) in [5, 5.41) is 8.84. The van der Waals surface area contributed by atoms with Crippen LogP contribution in [0.2, 0.25) is 0 Å². The van der Waals surface area contributed by atoms with Crippen molar-refractivity contribution in [2.75, 3.05) is 19.4 Å². The predicted molar refractivity (Wildman–Crippen MR) is 72.1 cm³/mol. The molecule has 2 heterocycles. The van der Waals surface area contributed by atoms with Crippen LogP contribution in [0.1, 0.15) is 30.8 Å². The van der Waals surface area contributed by atoms with Crippen molar-refractivity contribution in [3.63, 3.8) is 0 Å². The highest BCUT2D eigenvalue weighted by Crippen LogP contribution is 2.16. The van der Waals surface area contributed by atoms with Gasteiger partial charge in [-0.05, 0) is 19.3 Å². The Kier molecular flexibility index (Phi) is 4.59. The number of hydrogen-bond acceptors (Lipinski definition) is 4. The van der Waals surface area contributed by atoms with E-state index in [-0.39, 0.29) is 6.61 Å². The molecule has 0 unspecified atom stereocenters. The minimum Gasteiger partial charge on any atom is -0.396 e. The van der Waals surface area contributed by atoms with E-state index in [2.05, 4.69) is 9.55 Å². The van der Waals surface area contributed by atoms with Crippen LogP contribution in [-0.4, -0.2) is 46.8 Å². The van der Waals surface area contributed by atoms with Gasteiger partial charge < -0.3 is 9.67 Å². The summed E-state index contributed by atoms with van der Waals surface area (Å²) in [5.41, 5.74) is 0.792. The lowest BCUT2D eigenvalue weighted by Crippen LogP contribution is -2.31. The van der Waals surface area contributed by atoms with Gasteiger partial charge in [-0.25, -0.2) is 13.4 Å². The average molecular weight is 287 g/mol. The van der Waals surface area contributed by atoms with E-state index in [0.29, 0.717) is 19.5 Å². The van der Waals surface area contributed by atoms with Gasteiger partial charge in [0.2, 0.25) is 10.0 Å². The third-order valence-corrected chi connectivity index (χ3v) is 4.58.